The molecule has 1 aromatic carbocycles. The Morgan fingerprint density at radius 3 is 2.68 bits per heavy atom. The lowest BCUT2D eigenvalue weighted by molar-refractivity contribution is -0.672. The Hall–Kier alpha value is -2.15. The maximum atomic E-state index is 12.0. The molecule has 0 saturated carbocycles. The number of ether oxygens (including phenoxy) is 1. The summed E-state index contributed by atoms with van der Waals surface area (Å²) in [6.45, 7) is 3.57. The van der Waals surface area contributed by atoms with Gasteiger partial charge in [0.25, 0.3) is 5.52 Å². The second-order valence-corrected chi connectivity index (χ2v) is 4.02. The highest BCUT2D eigenvalue weighted by molar-refractivity contribution is 5.67. The smallest absolute Gasteiger partial charge is 0.461 e. The van der Waals surface area contributed by atoms with E-state index < -0.39 is 0 Å². The van der Waals surface area contributed by atoms with Gasteiger partial charge >= 0.3 is 5.95 Å². The number of nitrogens with zero attached hydrogens (tertiary/aromatic N) is 3. The van der Waals surface area contributed by atoms with E-state index in [4.69, 9.17) is 4.74 Å². The molecule has 0 aliphatic carbocycles. The summed E-state index contributed by atoms with van der Waals surface area (Å²) in [5.41, 5.74) is 0.523. The number of aromatic nitrogens is 3. The minimum atomic E-state index is -0.0196. The van der Waals surface area contributed by atoms with Crippen molar-refractivity contribution in [1.29, 1.82) is 0 Å². The second-order valence-electron chi connectivity index (χ2n) is 4.02. The van der Waals surface area contributed by atoms with Crippen molar-refractivity contribution in [3.05, 3.63) is 34.7 Å². The van der Waals surface area contributed by atoms with Gasteiger partial charge in [0.1, 0.15) is 0 Å². The van der Waals surface area contributed by atoms with Crippen LogP contribution >= 0.6 is 0 Å². The van der Waals surface area contributed by atoms with Gasteiger partial charge in [0.05, 0.1) is 13.2 Å². The molecule has 7 heteroatoms. The van der Waals surface area contributed by atoms with Gasteiger partial charge in [0.15, 0.2) is 5.52 Å². The summed E-state index contributed by atoms with van der Waals surface area (Å²) in [7, 11) is 0. The first-order chi connectivity index (χ1) is 9.24. The van der Waals surface area contributed by atoms with Gasteiger partial charge in [-0.05, 0) is 12.5 Å². The highest BCUT2D eigenvalue weighted by atomic mass is 16.5. The van der Waals surface area contributed by atoms with E-state index in [1.54, 1.807) is 24.3 Å². The third kappa shape index (κ3) is 3.00. The molecule has 2 aromatic rings. The van der Waals surface area contributed by atoms with Gasteiger partial charge in [-0.15, -0.1) is 0 Å². The molecule has 0 radical (unpaired) electrons. The van der Waals surface area contributed by atoms with Crippen LogP contribution in [-0.2, 0) is 4.74 Å². The van der Waals surface area contributed by atoms with Crippen molar-refractivity contribution in [2.24, 2.45) is 0 Å². The Bertz CT molecular complexity index is 562. The predicted octanol–water partition coefficient (Wildman–Crippen LogP) is 0.340. The molecule has 2 rings (SSSR count). The molecule has 0 amide bonds. The summed E-state index contributed by atoms with van der Waals surface area (Å²) in [5.74, 6) is -0.0196. The zero-order chi connectivity index (χ0) is 13.7. The average molecular weight is 264 g/mol. The van der Waals surface area contributed by atoms with Crippen LogP contribution in [-0.4, -0.2) is 24.9 Å². The molecule has 102 valence electrons. The van der Waals surface area contributed by atoms with Gasteiger partial charge < -0.3 is 15.2 Å². The molecule has 1 aromatic heterocycles. The van der Waals surface area contributed by atoms with Crippen LogP contribution in [0.4, 0.5) is 5.95 Å². The molecular formula is C12H16N4O3. The number of anilines is 1. The first kappa shape index (κ1) is 13.3. The Balaban J connectivity index is 2.13. The number of benzene rings is 1. The van der Waals surface area contributed by atoms with Crippen LogP contribution in [0.5, 0.6) is 0 Å². The minimum Gasteiger partial charge on any atom is -0.739 e. The number of rotatable bonds is 6. The molecule has 0 saturated heterocycles. The lowest BCUT2D eigenvalue weighted by Gasteiger charge is -2.09. The van der Waals surface area contributed by atoms with Crippen LogP contribution in [0.25, 0.3) is 11.0 Å². The summed E-state index contributed by atoms with van der Waals surface area (Å²) < 4.78 is 5.89. The van der Waals surface area contributed by atoms with Gasteiger partial charge in [-0.2, -0.15) is 0 Å². The van der Waals surface area contributed by atoms with E-state index in [0.29, 0.717) is 29.3 Å². The molecule has 1 heterocycles. The van der Waals surface area contributed by atoms with Gasteiger partial charge in [-0.1, -0.05) is 19.1 Å². The van der Waals surface area contributed by atoms with E-state index in [2.05, 4.69) is 10.4 Å². The van der Waals surface area contributed by atoms with E-state index in [0.717, 1.165) is 6.42 Å². The van der Waals surface area contributed by atoms with Crippen LogP contribution in [0, 0.1) is 10.4 Å². The SMILES string of the molecule is CCCOCCNc1n[n+]([O-])c2ccccc2[n+]1[O-]. The minimum absolute atomic E-state index is 0.0196. The van der Waals surface area contributed by atoms with Crippen molar-refractivity contribution >= 4 is 17.0 Å². The van der Waals surface area contributed by atoms with E-state index in [1.165, 1.54) is 0 Å². The van der Waals surface area contributed by atoms with Gasteiger partial charge in [-0.3, -0.25) is 5.32 Å². The molecule has 0 unspecified atom stereocenters. The van der Waals surface area contributed by atoms with Gasteiger partial charge in [0, 0.05) is 17.5 Å². The van der Waals surface area contributed by atoms with E-state index in [-0.39, 0.29) is 17.0 Å². The third-order valence-electron chi connectivity index (χ3n) is 2.56. The highest BCUT2D eigenvalue weighted by Gasteiger charge is 2.18. The van der Waals surface area contributed by atoms with Crippen molar-refractivity contribution in [1.82, 2.24) is 5.10 Å². The fourth-order valence-corrected chi connectivity index (χ4v) is 1.68. The first-order valence-electron chi connectivity index (χ1n) is 6.17. The van der Waals surface area contributed by atoms with Crippen molar-refractivity contribution < 1.29 is 14.3 Å². The standard InChI is InChI=1S/C12H16N4O3/c1-2-8-19-9-7-13-12-14-16(18)11-6-4-3-5-10(11)15(12)17/h3-6H,2,7-9H2,1H3,(H,13,14). The zero-order valence-electron chi connectivity index (χ0n) is 10.7. The van der Waals surface area contributed by atoms with Crippen LogP contribution in [0.2, 0.25) is 0 Å². The zero-order valence-corrected chi connectivity index (χ0v) is 10.7. The fraction of sp³-hybridized carbons (Fsp3) is 0.417. The first-order valence-corrected chi connectivity index (χ1v) is 6.17. The van der Waals surface area contributed by atoms with E-state index in [1.807, 2.05) is 6.92 Å². The topological polar surface area (TPSA) is 88.0 Å². The highest BCUT2D eigenvalue weighted by Crippen LogP contribution is 2.05. The van der Waals surface area contributed by atoms with Gasteiger partial charge in [-0.25, -0.2) is 4.73 Å². The molecule has 0 spiro atoms. The van der Waals surface area contributed by atoms with E-state index in [9.17, 15) is 10.4 Å². The summed E-state index contributed by atoms with van der Waals surface area (Å²) in [6.07, 6.45) is 0.941. The quantitative estimate of drug-likeness (QED) is 0.462. The Morgan fingerprint density at radius 2 is 1.95 bits per heavy atom. The number of para-hydroxylation sites is 2. The van der Waals surface area contributed by atoms with Crippen molar-refractivity contribution in [2.45, 2.75) is 13.3 Å². The lowest BCUT2D eigenvalue weighted by atomic mass is 10.3. The molecule has 0 aliphatic heterocycles. The number of fused-ring (bicyclic) bond motifs is 1. The van der Waals surface area contributed by atoms with Crippen LogP contribution in [0.1, 0.15) is 13.3 Å². The maximum absolute atomic E-state index is 12.0. The molecule has 7 nitrogen and oxygen atoms in total. The number of hydrogen-bond donors (Lipinski definition) is 1. The Kier molecular flexibility index (Phi) is 4.30. The Morgan fingerprint density at radius 1 is 1.21 bits per heavy atom. The number of hydrogen-bond acceptors (Lipinski definition) is 5. The lowest BCUT2D eigenvalue weighted by Crippen LogP contribution is -2.44. The summed E-state index contributed by atoms with van der Waals surface area (Å²) in [5, 5.41) is 30.1. The molecular weight excluding hydrogens is 248 g/mol. The fourth-order valence-electron chi connectivity index (χ4n) is 1.68. The normalized spacial score (nSPS) is 10.8. The van der Waals surface area contributed by atoms with Crippen LogP contribution < -0.4 is 14.9 Å². The Labute approximate surface area is 110 Å². The molecule has 1 N–H and O–H groups in total. The van der Waals surface area contributed by atoms with Crippen molar-refractivity contribution in [3.63, 3.8) is 0 Å². The second kappa shape index (κ2) is 6.14. The molecule has 0 bridgehead atoms. The predicted molar refractivity (Wildman–Crippen MR) is 69.3 cm³/mol. The summed E-state index contributed by atoms with van der Waals surface area (Å²) >= 11 is 0. The molecule has 0 aliphatic rings. The molecule has 0 atom stereocenters. The monoisotopic (exact) mass is 264 g/mol. The van der Waals surface area contributed by atoms with Crippen LogP contribution in [0.15, 0.2) is 24.3 Å². The van der Waals surface area contributed by atoms with Crippen molar-refractivity contribution in [3.8, 4) is 0 Å². The number of nitrogens with one attached hydrogen (secondary N) is 1. The van der Waals surface area contributed by atoms with Crippen LogP contribution in [0.3, 0.4) is 0 Å². The average Bonchev–Trinajstić information content (AvgIpc) is 2.44. The van der Waals surface area contributed by atoms with Crippen molar-refractivity contribution in [2.75, 3.05) is 25.1 Å². The maximum Gasteiger partial charge on any atom is 0.461 e. The summed E-state index contributed by atoms with van der Waals surface area (Å²) in [6, 6.07) is 6.52. The third-order valence-corrected chi connectivity index (χ3v) is 2.56. The molecule has 0 fully saturated rings. The largest absolute Gasteiger partial charge is 0.739 e. The molecule has 19 heavy (non-hydrogen) atoms. The van der Waals surface area contributed by atoms with E-state index >= 15 is 0 Å². The summed E-state index contributed by atoms with van der Waals surface area (Å²) in [4.78, 5) is 0.443. The van der Waals surface area contributed by atoms with Gasteiger partial charge in [0.2, 0.25) is 5.10 Å².